The van der Waals surface area contributed by atoms with Crippen molar-refractivity contribution >= 4 is 24.0 Å². The van der Waals surface area contributed by atoms with Crippen LogP contribution in [0.5, 0.6) is 0 Å². The van der Waals surface area contributed by atoms with E-state index in [1.165, 1.54) is 12.1 Å². The zero-order chi connectivity index (χ0) is 12.1. The summed E-state index contributed by atoms with van der Waals surface area (Å²) in [4.78, 5) is 11.7. The first-order valence-corrected chi connectivity index (χ1v) is 5.60. The van der Waals surface area contributed by atoms with E-state index in [1.54, 1.807) is 12.1 Å². The van der Waals surface area contributed by atoms with Crippen molar-refractivity contribution in [2.45, 2.75) is 12.5 Å². The van der Waals surface area contributed by atoms with Crippen LogP contribution in [-0.4, -0.2) is 31.7 Å². The third kappa shape index (κ3) is 4.60. The molecule has 100 valence electrons. The number of carbonyl (C=O) groups excluding carboxylic acids is 1. The van der Waals surface area contributed by atoms with Gasteiger partial charge in [-0.3, -0.25) is 4.79 Å². The van der Waals surface area contributed by atoms with Gasteiger partial charge in [0.25, 0.3) is 0 Å². The summed E-state index contributed by atoms with van der Waals surface area (Å²) < 4.78 is 18.1. The number of nitrogens with one attached hydrogen (secondary N) is 2. The van der Waals surface area contributed by atoms with Gasteiger partial charge in [-0.15, -0.1) is 12.4 Å². The molecule has 6 heteroatoms. The van der Waals surface area contributed by atoms with E-state index in [-0.39, 0.29) is 30.2 Å². The van der Waals surface area contributed by atoms with Crippen molar-refractivity contribution in [2.24, 2.45) is 0 Å². The highest BCUT2D eigenvalue weighted by Crippen LogP contribution is 2.10. The predicted octanol–water partition coefficient (Wildman–Crippen LogP) is 1.56. The Morgan fingerprint density at radius 3 is 3.06 bits per heavy atom. The molecule has 1 aliphatic heterocycles. The number of amides is 1. The number of hydrogen-bond donors (Lipinski definition) is 2. The SMILES string of the molecule is Cl.O=C(CC1COCCN1)Nc1cccc(F)c1. The maximum Gasteiger partial charge on any atom is 0.226 e. The monoisotopic (exact) mass is 274 g/mol. The van der Waals surface area contributed by atoms with Crippen molar-refractivity contribution in [1.82, 2.24) is 5.32 Å². The average molecular weight is 275 g/mol. The zero-order valence-electron chi connectivity index (χ0n) is 9.82. The molecule has 1 aromatic rings. The van der Waals surface area contributed by atoms with Gasteiger partial charge in [0.05, 0.1) is 13.2 Å². The Hall–Kier alpha value is -1.17. The molecule has 1 aliphatic rings. The molecule has 4 nitrogen and oxygen atoms in total. The molecule has 0 aliphatic carbocycles. The van der Waals surface area contributed by atoms with E-state index >= 15 is 0 Å². The quantitative estimate of drug-likeness (QED) is 0.880. The van der Waals surface area contributed by atoms with Gasteiger partial charge in [-0.25, -0.2) is 4.39 Å². The molecule has 1 heterocycles. The summed E-state index contributed by atoms with van der Waals surface area (Å²) in [6.45, 7) is 1.98. The fourth-order valence-electron chi connectivity index (χ4n) is 1.75. The van der Waals surface area contributed by atoms with Crippen molar-refractivity contribution in [3.63, 3.8) is 0 Å². The molecule has 0 bridgehead atoms. The molecular formula is C12H16ClFN2O2. The molecule has 1 aromatic carbocycles. The summed E-state index contributed by atoms with van der Waals surface area (Å²) in [7, 11) is 0. The van der Waals surface area contributed by atoms with Crippen LogP contribution in [0.25, 0.3) is 0 Å². The number of benzene rings is 1. The van der Waals surface area contributed by atoms with Gasteiger partial charge in [-0.2, -0.15) is 0 Å². The van der Waals surface area contributed by atoms with E-state index in [9.17, 15) is 9.18 Å². The highest BCUT2D eigenvalue weighted by atomic mass is 35.5. The van der Waals surface area contributed by atoms with Crippen LogP contribution in [0, 0.1) is 5.82 Å². The summed E-state index contributed by atoms with van der Waals surface area (Å²) in [5.74, 6) is -0.500. The van der Waals surface area contributed by atoms with E-state index in [2.05, 4.69) is 10.6 Å². The van der Waals surface area contributed by atoms with Crippen LogP contribution >= 0.6 is 12.4 Å². The minimum atomic E-state index is -0.359. The normalized spacial score (nSPS) is 18.8. The Morgan fingerprint density at radius 1 is 1.56 bits per heavy atom. The van der Waals surface area contributed by atoms with Gasteiger partial charge in [-0.05, 0) is 18.2 Å². The zero-order valence-corrected chi connectivity index (χ0v) is 10.6. The number of anilines is 1. The lowest BCUT2D eigenvalue weighted by atomic mass is 10.2. The Labute approximate surface area is 111 Å². The molecule has 0 radical (unpaired) electrons. The molecule has 2 N–H and O–H groups in total. The lowest BCUT2D eigenvalue weighted by Gasteiger charge is -2.23. The van der Waals surface area contributed by atoms with Gasteiger partial charge in [0.15, 0.2) is 0 Å². The Morgan fingerprint density at radius 2 is 2.39 bits per heavy atom. The molecule has 1 fully saturated rings. The molecule has 1 amide bonds. The summed E-state index contributed by atoms with van der Waals surface area (Å²) in [5.41, 5.74) is 0.478. The van der Waals surface area contributed by atoms with E-state index < -0.39 is 0 Å². The molecule has 18 heavy (non-hydrogen) atoms. The van der Waals surface area contributed by atoms with Crippen LogP contribution in [0.3, 0.4) is 0 Å². The van der Waals surface area contributed by atoms with E-state index in [4.69, 9.17) is 4.74 Å². The number of ether oxygens (including phenoxy) is 1. The topological polar surface area (TPSA) is 50.4 Å². The van der Waals surface area contributed by atoms with E-state index in [1.807, 2.05) is 0 Å². The van der Waals surface area contributed by atoms with Crippen molar-refractivity contribution < 1.29 is 13.9 Å². The second-order valence-corrected chi connectivity index (χ2v) is 3.99. The number of hydrogen-bond acceptors (Lipinski definition) is 3. The van der Waals surface area contributed by atoms with Crippen molar-refractivity contribution in [3.05, 3.63) is 30.1 Å². The maximum absolute atomic E-state index is 12.9. The predicted molar refractivity (Wildman–Crippen MR) is 69.5 cm³/mol. The van der Waals surface area contributed by atoms with Gasteiger partial charge in [-0.1, -0.05) is 6.07 Å². The maximum atomic E-state index is 12.9. The second-order valence-electron chi connectivity index (χ2n) is 3.99. The highest BCUT2D eigenvalue weighted by Gasteiger charge is 2.16. The van der Waals surface area contributed by atoms with Crippen LogP contribution < -0.4 is 10.6 Å². The molecule has 1 saturated heterocycles. The van der Waals surface area contributed by atoms with Gasteiger partial charge in [0, 0.05) is 24.7 Å². The molecule has 1 atom stereocenters. The standard InChI is InChI=1S/C12H15FN2O2.ClH/c13-9-2-1-3-10(6-9)15-12(16)7-11-8-17-5-4-14-11;/h1-3,6,11,14H,4-5,7-8H2,(H,15,16);1H. The second kappa shape index (κ2) is 7.31. The number of morpholine rings is 1. The molecule has 0 saturated carbocycles. The third-order valence-corrected chi connectivity index (χ3v) is 2.54. The first-order chi connectivity index (χ1) is 8.24. The van der Waals surface area contributed by atoms with Crippen molar-refractivity contribution in [1.29, 1.82) is 0 Å². The molecule has 0 spiro atoms. The fraction of sp³-hybridized carbons (Fsp3) is 0.417. The molecule has 1 unspecified atom stereocenters. The summed E-state index contributed by atoms with van der Waals surface area (Å²) >= 11 is 0. The van der Waals surface area contributed by atoms with E-state index in [0.29, 0.717) is 25.3 Å². The smallest absolute Gasteiger partial charge is 0.226 e. The van der Waals surface area contributed by atoms with Crippen LogP contribution in [0.2, 0.25) is 0 Å². The van der Waals surface area contributed by atoms with Crippen LogP contribution in [0.4, 0.5) is 10.1 Å². The Kier molecular flexibility index (Phi) is 6.04. The Balaban J connectivity index is 0.00000162. The van der Waals surface area contributed by atoms with Crippen LogP contribution in [0.15, 0.2) is 24.3 Å². The summed E-state index contributed by atoms with van der Waals surface area (Å²) in [5, 5.41) is 5.84. The first-order valence-electron chi connectivity index (χ1n) is 5.60. The number of halogens is 2. The number of carbonyl (C=O) groups is 1. The van der Waals surface area contributed by atoms with E-state index in [0.717, 1.165) is 6.54 Å². The largest absolute Gasteiger partial charge is 0.378 e. The lowest BCUT2D eigenvalue weighted by molar-refractivity contribution is -0.117. The van der Waals surface area contributed by atoms with Crippen molar-refractivity contribution in [2.75, 3.05) is 25.1 Å². The summed E-state index contributed by atoms with van der Waals surface area (Å²) in [6.07, 6.45) is 0.330. The highest BCUT2D eigenvalue weighted by molar-refractivity contribution is 5.91. The minimum absolute atomic E-state index is 0. The first kappa shape index (κ1) is 14.9. The average Bonchev–Trinajstić information content (AvgIpc) is 2.30. The molecule has 0 aromatic heterocycles. The van der Waals surface area contributed by atoms with Crippen LogP contribution in [0.1, 0.15) is 6.42 Å². The van der Waals surface area contributed by atoms with Gasteiger partial charge in [0.2, 0.25) is 5.91 Å². The van der Waals surface area contributed by atoms with Gasteiger partial charge >= 0.3 is 0 Å². The third-order valence-electron chi connectivity index (χ3n) is 2.54. The Bertz CT molecular complexity index is 397. The van der Waals surface area contributed by atoms with Gasteiger partial charge in [0.1, 0.15) is 5.82 Å². The lowest BCUT2D eigenvalue weighted by Crippen LogP contribution is -2.43. The molecule has 2 rings (SSSR count). The van der Waals surface area contributed by atoms with Crippen LogP contribution in [-0.2, 0) is 9.53 Å². The van der Waals surface area contributed by atoms with Gasteiger partial charge < -0.3 is 15.4 Å². The molecular weight excluding hydrogens is 259 g/mol. The number of rotatable bonds is 3. The fourth-order valence-corrected chi connectivity index (χ4v) is 1.75. The minimum Gasteiger partial charge on any atom is -0.378 e. The van der Waals surface area contributed by atoms with Crippen molar-refractivity contribution in [3.8, 4) is 0 Å². The summed E-state index contributed by atoms with van der Waals surface area (Å²) in [6, 6.07) is 5.89.